The van der Waals surface area contributed by atoms with Crippen LogP contribution in [0.3, 0.4) is 0 Å². The molecule has 0 spiro atoms. The van der Waals surface area contributed by atoms with Gasteiger partial charge >= 0.3 is 0 Å². The number of hydrogen-bond acceptors (Lipinski definition) is 4. The number of benzene rings is 1. The number of carbonyl (C=O) groups is 2. The fraction of sp³-hybridized carbons (Fsp3) is 0.353. The third-order valence-corrected chi connectivity index (χ3v) is 3.95. The van der Waals surface area contributed by atoms with E-state index in [9.17, 15) is 9.59 Å². The summed E-state index contributed by atoms with van der Waals surface area (Å²) in [6.07, 6.45) is 1.81. The van der Waals surface area contributed by atoms with E-state index in [4.69, 9.17) is 4.52 Å². The van der Waals surface area contributed by atoms with Gasteiger partial charge in [-0.1, -0.05) is 35.5 Å². The lowest BCUT2D eigenvalue weighted by atomic mass is 10.1. The molecule has 1 aliphatic rings. The number of hydrogen-bond donors (Lipinski definition) is 1. The standard InChI is InChI=1S/C17H19N3O3/c1-12-10-15(19-23-12)18-17(22)14-8-5-9-20(14)16(21)11-13-6-3-2-4-7-13/h2-4,6-7,10,14H,5,8-9,11H2,1H3,(H,18,19,22)/t14-/m0/s1. The summed E-state index contributed by atoms with van der Waals surface area (Å²) in [5, 5.41) is 6.47. The van der Waals surface area contributed by atoms with Gasteiger partial charge in [-0.05, 0) is 25.3 Å². The molecule has 1 atom stereocenters. The molecule has 1 N–H and O–H groups in total. The maximum atomic E-state index is 12.5. The number of carbonyl (C=O) groups excluding carboxylic acids is 2. The molecule has 23 heavy (non-hydrogen) atoms. The van der Waals surface area contributed by atoms with Crippen molar-refractivity contribution in [2.75, 3.05) is 11.9 Å². The highest BCUT2D eigenvalue weighted by Gasteiger charge is 2.34. The van der Waals surface area contributed by atoms with Crippen molar-refractivity contribution in [3.8, 4) is 0 Å². The predicted molar refractivity (Wildman–Crippen MR) is 84.8 cm³/mol. The van der Waals surface area contributed by atoms with Crippen molar-refractivity contribution < 1.29 is 14.1 Å². The average Bonchev–Trinajstić information content (AvgIpc) is 3.17. The summed E-state index contributed by atoms with van der Waals surface area (Å²) in [5.74, 6) is 0.779. The first-order chi connectivity index (χ1) is 11.1. The van der Waals surface area contributed by atoms with Gasteiger partial charge in [0.2, 0.25) is 11.8 Å². The van der Waals surface area contributed by atoms with Crippen molar-refractivity contribution in [1.82, 2.24) is 10.1 Å². The number of amides is 2. The Morgan fingerprint density at radius 3 is 2.83 bits per heavy atom. The minimum Gasteiger partial charge on any atom is -0.360 e. The highest BCUT2D eigenvalue weighted by molar-refractivity contribution is 5.97. The molecule has 0 radical (unpaired) electrons. The number of aromatic nitrogens is 1. The van der Waals surface area contributed by atoms with E-state index < -0.39 is 6.04 Å². The maximum absolute atomic E-state index is 12.5. The quantitative estimate of drug-likeness (QED) is 0.938. The van der Waals surface area contributed by atoms with Gasteiger partial charge in [-0.2, -0.15) is 0 Å². The normalized spacial score (nSPS) is 17.3. The Labute approximate surface area is 134 Å². The molecule has 1 aromatic carbocycles. The number of aryl methyl sites for hydroxylation is 1. The lowest BCUT2D eigenvalue weighted by Crippen LogP contribution is -2.43. The molecule has 2 amide bonds. The molecule has 1 fully saturated rings. The minimum absolute atomic E-state index is 0.0230. The van der Waals surface area contributed by atoms with E-state index in [2.05, 4.69) is 10.5 Å². The Kier molecular flexibility index (Phi) is 4.41. The van der Waals surface area contributed by atoms with Gasteiger partial charge < -0.3 is 14.7 Å². The van der Waals surface area contributed by atoms with Crippen molar-refractivity contribution >= 4 is 17.6 Å². The SMILES string of the molecule is Cc1cc(NC(=O)[C@@H]2CCCN2C(=O)Cc2ccccc2)no1. The van der Waals surface area contributed by atoms with Crippen molar-refractivity contribution in [3.05, 3.63) is 47.7 Å². The molecule has 0 unspecified atom stereocenters. The van der Waals surface area contributed by atoms with Crippen LogP contribution in [-0.2, 0) is 16.0 Å². The molecule has 1 aromatic heterocycles. The summed E-state index contributed by atoms with van der Waals surface area (Å²) in [5.41, 5.74) is 0.954. The summed E-state index contributed by atoms with van der Waals surface area (Å²) < 4.78 is 4.94. The van der Waals surface area contributed by atoms with E-state index in [1.165, 1.54) is 0 Å². The fourth-order valence-electron chi connectivity index (χ4n) is 2.84. The second kappa shape index (κ2) is 6.64. The first-order valence-corrected chi connectivity index (χ1v) is 7.71. The molecule has 1 saturated heterocycles. The minimum atomic E-state index is -0.441. The number of anilines is 1. The molecule has 2 heterocycles. The Morgan fingerprint density at radius 2 is 2.13 bits per heavy atom. The van der Waals surface area contributed by atoms with Gasteiger partial charge in [-0.25, -0.2) is 0 Å². The number of nitrogens with zero attached hydrogens (tertiary/aromatic N) is 2. The largest absolute Gasteiger partial charge is 0.360 e. The molecule has 0 aliphatic carbocycles. The Bertz CT molecular complexity index is 696. The zero-order chi connectivity index (χ0) is 16.2. The summed E-state index contributed by atoms with van der Waals surface area (Å²) in [6.45, 7) is 2.37. The molecule has 2 aromatic rings. The molecule has 1 aliphatic heterocycles. The van der Waals surface area contributed by atoms with Gasteiger partial charge in [0, 0.05) is 12.6 Å². The number of nitrogens with one attached hydrogen (secondary N) is 1. The summed E-state index contributed by atoms with van der Waals surface area (Å²) in [4.78, 5) is 26.6. The van der Waals surface area contributed by atoms with Crippen LogP contribution in [0.15, 0.2) is 40.9 Å². The smallest absolute Gasteiger partial charge is 0.248 e. The van der Waals surface area contributed by atoms with E-state index in [0.717, 1.165) is 12.0 Å². The molecule has 0 saturated carbocycles. The van der Waals surface area contributed by atoms with E-state index in [1.54, 1.807) is 17.9 Å². The second-order valence-electron chi connectivity index (χ2n) is 5.72. The predicted octanol–water partition coefficient (Wildman–Crippen LogP) is 2.16. The van der Waals surface area contributed by atoms with Gasteiger partial charge in [-0.3, -0.25) is 9.59 Å². The Hall–Kier alpha value is -2.63. The van der Waals surface area contributed by atoms with Crippen molar-refractivity contribution in [1.29, 1.82) is 0 Å². The second-order valence-corrected chi connectivity index (χ2v) is 5.72. The Morgan fingerprint density at radius 1 is 1.35 bits per heavy atom. The van der Waals surface area contributed by atoms with Crippen LogP contribution >= 0.6 is 0 Å². The molecular formula is C17H19N3O3. The molecule has 0 bridgehead atoms. The van der Waals surface area contributed by atoms with Gasteiger partial charge in [-0.15, -0.1) is 0 Å². The highest BCUT2D eigenvalue weighted by Crippen LogP contribution is 2.20. The van der Waals surface area contributed by atoms with Crippen molar-refractivity contribution in [2.24, 2.45) is 0 Å². The molecular weight excluding hydrogens is 294 g/mol. The lowest BCUT2D eigenvalue weighted by Gasteiger charge is -2.23. The van der Waals surface area contributed by atoms with Gasteiger partial charge in [0.15, 0.2) is 5.82 Å². The molecule has 6 heteroatoms. The highest BCUT2D eigenvalue weighted by atomic mass is 16.5. The zero-order valence-corrected chi connectivity index (χ0v) is 13.0. The van der Waals surface area contributed by atoms with Crippen LogP contribution in [0.25, 0.3) is 0 Å². The van der Waals surface area contributed by atoms with Crippen LogP contribution in [0.1, 0.15) is 24.2 Å². The molecule has 120 valence electrons. The van der Waals surface area contributed by atoms with E-state index in [-0.39, 0.29) is 11.8 Å². The first-order valence-electron chi connectivity index (χ1n) is 7.71. The third-order valence-electron chi connectivity index (χ3n) is 3.95. The monoisotopic (exact) mass is 313 g/mol. The van der Waals surface area contributed by atoms with Crippen LogP contribution < -0.4 is 5.32 Å². The summed E-state index contributed by atoms with van der Waals surface area (Å²) in [7, 11) is 0. The van der Waals surface area contributed by atoms with Gasteiger partial charge in [0.1, 0.15) is 11.8 Å². The van der Waals surface area contributed by atoms with E-state index in [0.29, 0.717) is 31.0 Å². The third kappa shape index (κ3) is 3.59. The van der Waals surface area contributed by atoms with Crippen molar-refractivity contribution in [2.45, 2.75) is 32.2 Å². The van der Waals surface area contributed by atoms with Crippen LogP contribution in [-0.4, -0.2) is 34.5 Å². The number of likely N-dealkylation sites (tertiary alicyclic amines) is 1. The van der Waals surface area contributed by atoms with Crippen LogP contribution in [0.2, 0.25) is 0 Å². The van der Waals surface area contributed by atoms with Crippen LogP contribution in [0.4, 0.5) is 5.82 Å². The van der Waals surface area contributed by atoms with Crippen LogP contribution in [0, 0.1) is 6.92 Å². The fourth-order valence-corrected chi connectivity index (χ4v) is 2.84. The van der Waals surface area contributed by atoms with Crippen LogP contribution in [0.5, 0.6) is 0 Å². The van der Waals surface area contributed by atoms with Crippen molar-refractivity contribution in [3.63, 3.8) is 0 Å². The maximum Gasteiger partial charge on any atom is 0.248 e. The lowest BCUT2D eigenvalue weighted by molar-refractivity contribution is -0.136. The van der Waals surface area contributed by atoms with E-state index >= 15 is 0 Å². The summed E-state index contributed by atoms with van der Waals surface area (Å²) >= 11 is 0. The van der Waals surface area contributed by atoms with Gasteiger partial charge in [0.25, 0.3) is 0 Å². The van der Waals surface area contributed by atoms with E-state index in [1.807, 2.05) is 30.3 Å². The average molecular weight is 313 g/mol. The van der Waals surface area contributed by atoms with Gasteiger partial charge in [0.05, 0.1) is 6.42 Å². The molecule has 6 nitrogen and oxygen atoms in total. The zero-order valence-electron chi connectivity index (χ0n) is 13.0. The number of rotatable bonds is 4. The summed E-state index contributed by atoms with van der Waals surface area (Å²) in [6, 6.07) is 10.8. The molecule has 3 rings (SSSR count). The topological polar surface area (TPSA) is 75.4 Å². The first kappa shape index (κ1) is 15.3. The Balaban J connectivity index is 1.64.